The largest absolute Gasteiger partial charge is 0.494 e. The first kappa shape index (κ1) is 23.0. The fourth-order valence-corrected chi connectivity index (χ4v) is 2.98. The highest BCUT2D eigenvalue weighted by Crippen LogP contribution is 2.15. The standard InChI is InChI=1S/C21H35N3O3/c1-8-27-17-11-9-16(10-12-17)19(25)23-18(15(2)3)20(26)22-13-21(4,5)14-24(6)7/h9-12,15,18H,8,13-14H2,1-7H3,(H,22,26)(H,23,25). The number of nitrogens with zero attached hydrogens (tertiary/aromatic N) is 1. The lowest BCUT2D eigenvalue weighted by molar-refractivity contribution is -0.124. The Hall–Kier alpha value is -2.08. The number of rotatable bonds is 10. The molecule has 0 aliphatic heterocycles. The van der Waals surface area contributed by atoms with Gasteiger partial charge in [0.25, 0.3) is 5.91 Å². The first-order valence-electron chi connectivity index (χ1n) is 9.52. The molecule has 2 amide bonds. The van der Waals surface area contributed by atoms with Crippen LogP contribution in [0.2, 0.25) is 0 Å². The van der Waals surface area contributed by atoms with Crippen LogP contribution in [0.3, 0.4) is 0 Å². The van der Waals surface area contributed by atoms with Crippen molar-refractivity contribution in [2.24, 2.45) is 11.3 Å². The zero-order valence-corrected chi connectivity index (χ0v) is 17.8. The normalized spacial score (nSPS) is 12.8. The number of benzene rings is 1. The molecule has 0 aromatic heterocycles. The summed E-state index contributed by atoms with van der Waals surface area (Å²) < 4.78 is 5.39. The van der Waals surface area contributed by atoms with Crippen molar-refractivity contribution in [3.05, 3.63) is 29.8 Å². The van der Waals surface area contributed by atoms with E-state index in [1.807, 2.05) is 34.9 Å². The van der Waals surface area contributed by atoms with E-state index in [1.54, 1.807) is 24.3 Å². The van der Waals surface area contributed by atoms with Gasteiger partial charge in [0, 0.05) is 18.7 Å². The summed E-state index contributed by atoms with van der Waals surface area (Å²) >= 11 is 0. The summed E-state index contributed by atoms with van der Waals surface area (Å²) in [6, 6.07) is 6.34. The molecule has 0 aliphatic carbocycles. The Morgan fingerprint density at radius 3 is 2.22 bits per heavy atom. The first-order chi connectivity index (χ1) is 12.6. The lowest BCUT2D eigenvalue weighted by Crippen LogP contribution is -2.52. The Morgan fingerprint density at radius 1 is 1.15 bits per heavy atom. The van der Waals surface area contributed by atoms with Gasteiger partial charge in [-0.05, 0) is 56.6 Å². The van der Waals surface area contributed by atoms with Crippen molar-refractivity contribution in [2.45, 2.75) is 40.7 Å². The van der Waals surface area contributed by atoms with Crippen molar-refractivity contribution >= 4 is 11.8 Å². The van der Waals surface area contributed by atoms with Gasteiger partial charge in [0.05, 0.1) is 6.61 Å². The van der Waals surface area contributed by atoms with E-state index in [1.165, 1.54) is 0 Å². The van der Waals surface area contributed by atoms with E-state index in [0.717, 1.165) is 12.3 Å². The molecule has 0 saturated heterocycles. The van der Waals surface area contributed by atoms with Gasteiger partial charge in [-0.3, -0.25) is 9.59 Å². The number of carbonyl (C=O) groups is 2. The second kappa shape index (κ2) is 10.3. The molecular formula is C21H35N3O3. The molecule has 0 bridgehead atoms. The summed E-state index contributed by atoms with van der Waals surface area (Å²) in [5.41, 5.74) is 0.449. The third-order valence-electron chi connectivity index (χ3n) is 4.15. The molecule has 2 N–H and O–H groups in total. The van der Waals surface area contributed by atoms with Gasteiger partial charge >= 0.3 is 0 Å². The summed E-state index contributed by atoms with van der Waals surface area (Å²) in [4.78, 5) is 27.3. The number of nitrogens with one attached hydrogen (secondary N) is 2. The van der Waals surface area contributed by atoms with Gasteiger partial charge in [-0.1, -0.05) is 27.7 Å². The predicted octanol–water partition coefficient (Wildman–Crippen LogP) is 2.54. The molecule has 0 aliphatic rings. The van der Waals surface area contributed by atoms with Gasteiger partial charge in [0.1, 0.15) is 11.8 Å². The van der Waals surface area contributed by atoms with Crippen molar-refractivity contribution < 1.29 is 14.3 Å². The van der Waals surface area contributed by atoms with E-state index in [-0.39, 0.29) is 23.1 Å². The third-order valence-corrected chi connectivity index (χ3v) is 4.15. The second-order valence-corrected chi connectivity index (χ2v) is 8.27. The number of hydrogen-bond acceptors (Lipinski definition) is 4. The maximum Gasteiger partial charge on any atom is 0.251 e. The van der Waals surface area contributed by atoms with Crippen molar-refractivity contribution in [3.8, 4) is 5.75 Å². The van der Waals surface area contributed by atoms with Crippen LogP contribution in [-0.2, 0) is 4.79 Å². The first-order valence-corrected chi connectivity index (χ1v) is 9.52. The minimum atomic E-state index is -0.584. The molecule has 0 radical (unpaired) electrons. The molecule has 1 unspecified atom stereocenters. The number of carbonyl (C=O) groups excluding carboxylic acids is 2. The zero-order valence-electron chi connectivity index (χ0n) is 17.8. The van der Waals surface area contributed by atoms with Crippen molar-refractivity contribution in [1.82, 2.24) is 15.5 Å². The Kier molecular flexibility index (Phi) is 8.76. The van der Waals surface area contributed by atoms with Crippen LogP contribution < -0.4 is 15.4 Å². The molecule has 1 aromatic carbocycles. The van der Waals surface area contributed by atoms with Crippen LogP contribution in [0.5, 0.6) is 5.75 Å². The summed E-state index contributed by atoms with van der Waals surface area (Å²) in [7, 11) is 4.02. The Bertz CT molecular complexity index is 610. The molecule has 1 atom stereocenters. The highest BCUT2D eigenvalue weighted by atomic mass is 16.5. The summed E-state index contributed by atoms with van der Waals surface area (Å²) in [5, 5.41) is 5.85. The second-order valence-electron chi connectivity index (χ2n) is 8.27. The quantitative estimate of drug-likeness (QED) is 0.657. The molecular weight excluding hydrogens is 342 g/mol. The molecule has 1 aromatic rings. The van der Waals surface area contributed by atoms with Crippen LogP contribution in [-0.4, -0.2) is 56.5 Å². The molecule has 27 heavy (non-hydrogen) atoms. The minimum absolute atomic E-state index is 0.0198. The molecule has 1 rings (SSSR count). The average Bonchev–Trinajstić information content (AvgIpc) is 2.57. The number of ether oxygens (including phenoxy) is 1. The van der Waals surface area contributed by atoms with Crippen LogP contribution in [0, 0.1) is 11.3 Å². The average molecular weight is 378 g/mol. The van der Waals surface area contributed by atoms with Gasteiger partial charge in [0.15, 0.2) is 0 Å². The Labute approximate surface area is 163 Å². The maximum atomic E-state index is 12.7. The molecule has 6 nitrogen and oxygen atoms in total. The van der Waals surface area contributed by atoms with E-state index in [4.69, 9.17) is 4.74 Å². The summed E-state index contributed by atoms with van der Waals surface area (Å²) in [5.74, 6) is 0.277. The van der Waals surface area contributed by atoms with Crippen LogP contribution in [0.4, 0.5) is 0 Å². The van der Waals surface area contributed by atoms with Crippen molar-refractivity contribution in [2.75, 3.05) is 33.8 Å². The highest BCUT2D eigenvalue weighted by Gasteiger charge is 2.27. The third kappa shape index (κ3) is 7.99. The van der Waals surface area contributed by atoms with Gasteiger partial charge in [-0.15, -0.1) is 0 Å². The lowest BCUT2D eigenvalue weighted by Gasteiger charge is -2.30. The van der Waals surface area contributed by atoms with E-state index in [9.17, 15) is 9.59 Å². The van der Waals surface area contributed by atoms with Crippen LogP contribution >= 0.6 is 0 Å². The van der Waals surface area contributed by atoms with Crippen LogP contribution in [0.15, 0.2) is 24.3 Å². The molecule has 0 spiro atoms. The van der Waals surface area contributed by atoms with Crippen molar-refractivity contribution in [1.29, 1.82) is 0 Å². The fraction of sp³-hybridized carbons (Fsp3) is 0.619. The van der Waals surface area contributed by atoms with Crippen LogP contribution in [0.25, 0.3) is 0 Å². The SMILES string of the molecule is CCOc1ccc(C(=O)NC(C(=O)NCC(C)(C)CN(C)C)C(C)C)cc1. The van der Waals surface area contributed by atoms with Gasteiger partial charge in [-0.2, -0.15) is 0 Å². The van der Waals surface area contributed by atoms with Gasteiger partial charge < -0.3 is 20.3 Å². The van der Waals surface area contributed by atoms with E-state index in [0.29, 0.717) is 18.7 Å². The number of hydrogen-bond donors (Lipinski definition) is 2. The molecule has 0 fully saturated rings. The van der Waals surface area contributed by atoms with Crippen molar-refractivity contribution in [3.63, 3.8) is 0 Å². The summed E-state index contributed by atoms with van der Waals surface area (Å²) in [6.45, 7) is 12.0. The minimum Gasteiger partial charge on any atom is -0.494 e. The highest BCUT2D eigenvalue weighted by molar-refractivity contribution is 5.97. The topological polar surface area (TPSA) is 70.7 Å². The summed E-state index contributed by atoms with van der Waals surface area (Å²) in [6.07, 6.45) is 0. The Morgan fingerprint density at radius 2 is 1.74 bits per heavy atom. The molecule has 0 heterocycles. The fourth-order valence-electron chi connectivity index (χ4n) is 2.98. The molecule has 0 saturated carbocycles. The van der Waals surface area contributed by atoms with Gasteiger partial charge in [-0.25, -0.2) is 0 Å². The molecule has 152 valence electrons. The van der Waals surface area contributed by atoms with E-state index < -0.39 is 6.04 Å². The smallest absolute Gasteiger partial charge is 0.251 e. The molecule has 6 heteroatoms. The van der Waals surface area contributed by atoms with E-state index in [2.05, 4.69) is 29.4 Å². The maximum absolute atomic E-state index is 12.7. The predicted molar refractivity (Wildman–Crippen MR) is 109 cm³/mol. The number of amides is 2. The van der Waals surface area contributed by atoms with E-state index >= 15 is 0 Å². The van der Waals surface area contributed by atoms with Gasteiger partial charge in [0.2, 0.25) is 5.91 Å². The zero-order chi connectivity index (χ0) is 20.6. The monoisotopic (exact) mass is 377 g/mol. The Balaban J connectivity index is 2.71. The van der Waals surface area contributed by atoms with Crippen LogP contribution in [0.1, 0.15) is 45.0 Å². The lowest BCUT2D eigenvalue weighted by atomic mass is 9.92.